The Labute approximate surface area is 179 Å². The molecule has 0 unspecified atom stereocenters. The molecule has 2 aromatic rings. The lowest BCUT2D eigenvalue weighted by atomic mass is 9.93. The number of carbonyl (C=O) groups excluding carboxylic acids is 1. The molecule has 2 aliphatic rings. The first kappa shape index (κ1) is 21.1. The Morgan fingerprint density at radius 2 is 1.97 bits per heavy atom. The maximum Gasteiger partial charge on any atom is 0.224 e. The van der Waals surface area contributed by atoms with Gasteiger partial charge in [-0.2, -0.15) is 0 Å². The molecule has 3 heterocycles. The third kappa shape index (κ3) is 5.70. The fourth-order valence-corrected chi connectivity index (χ4v) is 4.81. The van der Waals surface area contributed by atoms with Gasteiger partial charge in [0, 0.05) is 25.2 Å². The van der Waals surface area contributed by atoms with Crippen LogP contribution in [0.15, 0.2) is 40.9 Å². The van der Waals surface area contributed by atoms with Crippen LogP contribution in [0.4, 0.5) is 0 Å². The van der Waals surface area contributed by atoms with Crippen LogP contribution in [0.1, 0.15) is 42.7 Å². The smallest absolute Gasteiger partial charge is 0.224 e. The molecule has 0 saturated carbocycles. The van der Waals surface area contributed by atoms with E-state index >= 15 is 0 Å². The zero-order chi connectivity index (χ0) is 20.8. The molecule has 1 N–H and O–H groups in total. The summed E-state index contributed by atoms with van der Waals surface area (Å²) in [6, 6.07) is 13.2. The van der Waals surface area contributed by atoms with Crippen molar-refractivity contribution in [2.24, 2.45) is 5.92 Å². The highest BCUT2D eigenvalue weighted by Crippen LogP contribution is 2.24. The van der Waals surface area contributed by atoms with E-state index in [0.717, 1.165) is 63.4 Å². The molecule has 1 aromatic heterocycles. The van der Waals surface area contributed by atoms with Crippen molar-refractivity contribution in [2.75, 3.05) is 32.7 Å². The maximum absolute atomic E-state index is 12.7. The third-order valence-corrected chi connectivity index (χ3v) is 6.57. The summed E-state index contributed by atoms with van der Waals surface area (Å²) in [5.41, 5.74) is 2.27. The van der Waals surface area contributed by atoms with Gasteiger partial charge in [0.2, 0.25) is 5.91 Å². The van der Waals surface area contributed by atoms with Crippen LogP contribution in [0.3, 0.4) is 0 Å². The topological polar surface area (TPSA) is 61.6 Å². The van der Waals surface area contributed by atoms with Crippen molar-refractivity contribution in [3.8, 4) is 0 Å². The SMILES string of the molecule is Cc1cc(CNC(=O)[C@H]2CCCN(C3CCN(CCc4ccccc4)CC3)C2)on1. The van der Waals surface area contributed by atoms with Crippen LogP contribution in [0.2, 0.25) is 0 Å². The number of benzene rings is 1. The summed E-state index contributed by atoms with van der Waals surface area (Å²) in [5, 5.41) is 6.92. The second-order valence-corrected chi connectivity index (χ2v) is 8.79. The molecule has 2 saturated heterocycles. The van der Waals surface area contributed by atoms with Crippen LogP contribution < -0.4 is 5.32 Å². The number of aryl methyl sites for hydroxylation is 1. The lowest BCUT2D eigenvalue weighted by Gasteiger charge is -2.42. The summed E-state index contributed by atoms with van der Waals surface area (Å²) in [7, 11) is 0. The minimum Gasteiger partial charge on any atom is -0.359 e. The average molecular weight is 411 g/mol. The summed E-state index contributed by atoms with van der Waals surface area (Å²) in [4.78, 5) is 17.8. The predicted molar refractivity (Wildman–Crippen MR) is 117 cm³/mol. The van der Waals surface area contributed by atoms with Crippen LogP contribution in [0.25, 0.3) is 0 Å². The molecule has 0 bridgehead atoms. The van der Waals surface area contributed by atoms with Crippen molar-refractivity contribution in [3.63, 3.8) is 0 Å². The number of nitrogens with zero attached hydrogens (tertiary/aromatic N) is 3. The van der Waals surface area contributed by atoms with E-state index in [1.807, 2.05) is 13.0 Å². The van der Waals surface area contributed by atoms with E-state index in [0.29, 0.717) is 12.6 Å². The highest BCUT2D eigenvalue weighted by molar-refractivity contribution is 5.78. The minimum absolute atomic E-state index is 0.0823. The largest absolute Gasteiger partial charge is 0.359 e. The Hall–Kier alpha value is -2.18. The van der Waals surface area contributed by atoms with Crippen molar-refractivity contribution >= 4 is 5.91 Å². The normalized spacial score (nSPS) is 21.6. The van der Waals surface area contributed by atoms with Crippen molar-refractivity contribution in [1.29, 1.82) is 0 Å². The molecule has 1 atom stereocenters. The summed E-state index contributed by atoms with van der Waals surface area (Å²) in [5.74, 6) is 0.948. The number of hydrogen-bond acceptors (Lipinski definition) is 5. The first-order valence-electron chi connectivity index (χ1n) is 11.4. The lowest BCUT2D eigenvalue weighted by molar-refractivity contribution is -0.127. The second-order valence-electron chi connectivity index (χ2n) is 8.79. The first-order chi connectivity index (χ1) is 14.7. The Kier molecular flexibility index (Phi) is 7.18. The van der Waals surface area contributed by atoms with Gasteiger partial charge in [-0.05, 0) is 64.2 Å². The number of piperidine rings is 2. The Bertz CT molecular complexity index is 799. The molecule has 6 nitrogen and oxygen atoms in total. The van der Waals surface area contributed by atoms with Gasteiger partial charge in [-0.3, -0.25) is 9.69 Å². The van der Waals surface area contributed by atoms with E-state index in [2.05, 4.69) is 50.6 Å². The molecule has 2 fully saturated rings. The summed E-state index contributed by atoms with van der Waals surface area (Å²) < 4.78 is 5.20. The molecule has 6 heteroatoms. The van der Waals surface area contributed by atoms with Gasteiger partial charge in [0.1, 0.15) is 0 Å². The number of amides is 1. The summed E-state index contributed by atoms with van der Waals surface area (Å²) in [6.45, 7) is 7.79. The Balaban J connectivity index is 1.19. The Morgan fingerprint density at radius 3 is 2.70 bits per heavy atom. The zero-order valence-corrected chi connectivity index (χ0v) is 18.1. The fourth-order valence-electron chi connectivity index (χ4n) is 4.81. The minimum atomic E-state index is 0.0823. The molecule has 2 aliphatic heterocycles. The van der Waals surface area contributed by atoms with Crippen LogP contribution in [-0.2, 0) is 17.8 Å². The lowest BCUT2D eigenvalue weighted by Crippen LogP contribution is -2.50. The molecule has 0 aliphatic carbocycles. The third-order valence-electron chi connectivity index (χ3n) is 6.57. The van der Waals surface area contributed by atoms with Gasteiger partial charge in [0.25, 0.3) is 0 Å². The van der Waals surface area contributed by atoms with Gasteiger partial charge in [-0.15, -0.1) is 0 Å². The number of aromatic nitrogens is 1. The van der Waals surface area contributed by atoms with Crippen LogP contribution >= 0.6 is 0 Å². The molecule has 1 aromatic carbocycles. The van der Waals surface area contributed by atoms with E-state index in [4.69, 9.17) is 4.52 Å². The molecular formula is C24H34N4O2. The van der Waals surface area contributed by atoms with Crippen molar-refractivity contribution in [2.45, 2.75) is 51.6 Å². The van der Waals surface area contributed by atoms with Gasteiger partial charge in [0.05, 0.1) is 18.2 Å². The molecule has 1 amide bonds. The highest BCUT2D eigenvalue weighted by atomic mass is 16.5. The average Bonchev–Trinajstić information content (AvgIpc) is 3.22. The van der Waals surface area contributed by atoms with E-state index in [1.54, 1.807) is 0 Å². The first-order valence-corrected chi connectivity index (χ1v) is 11.4. The van der Waals surface area contributed by atoms with Crippen molar-refractivity contribution in [3.05, 3.63) is 53.4 Å². The van der Waals surface area contributed by atoms with Gasteiger partial charge in [0.15, 0.2) is 5.76 Å². The standard InChI is InChI=1S/C24H34N4O2/c1-19-16-23(30-26-19)17-25-24(29)21-8-5-12-28(18-21)22-10-14-27(15-11-22)13-9-20-6-3-2-4-7-20/h2-4,6-7,16,21-22H,5,8-15,17-18H2,1H3,(H,25,29)/t21-/m0/s1. The van der Waals surface area contributed by atoms with Gasteiger partial charge >= 0.3 is 0 Å². The molecule has 30 heavy (non-hydrogen) atoms. The highest BCUT2D eigenvalue weighted by Gasteiger charge is 2.31. The van der Waals surface area contributed by atoms with Crippen molar-refractivity contribution in [1.82, 2.24) is 20.3 Å². The van der Waals surface area contributed by atoms with Gasteiger partial charge in [-0.25, -0.2) is 0 Å². The van der Waals surface area contributed by atoms with Crippen LogP contribution in [-0.4, -0.2) is 59.6 Å². The number of nitrogens with one attached hydrogen (secondary N) is 1. The number of carbonyl (C=O) groups is 1. The molecule has 162 valence electrons. The van der Waals surface area contributed by atoms with E-state index in [1.165, 1.54) is 18.4 Å². The monoisotopic (exact) mass is 410 g/mol. The Morgan fingerprint density at radius 1 is 1.17 bits per heavy atom. The van der Waals surface area contributed by atoms with E-state index < -0.39 is 0 Å². The quantitative estimate of drug-likeness (QED) is 0.760. The molecule has 0 radical (unpaired) electrons. The predicted octanol–water partition coefficient (Wildman–Crippen LogP) is 3.02. The number of rotatable bonds is 7. The second kappa shape index (κ2) is 10.2. The number of likely N-dealkylation sites (tertiary alicyclic amines) is 2. The molecular weight excluding hydrogens is 376 g/mol. The van der Waals surface area contributed by atoms with Gasteiger partial charge in [-0.1, -0.05) is 35.5 Å². The summed E-state index contributed by atoms with van der Waals surface area (Å²) >= 11 is 0. The van der Waals surface area contributed by atoms with Crippen LogP contribution in [0.5, 0.6) is 0 Å². The molecule has 4 rings (SSSR count). The van der Waals surface area contributed by atoms with E-state index in [-0.39, 0.29) is 11.8 Å². The molecule has 0 spiro atoms. The van der Waals surface area contributed by atoms with E-state index in [9.17, 15) is 4.79 Å². The zero-order valence-electron chi connectivity index (χ0n) is 18.1. The van der Waals surface area contributed by atoms with Gasteiger partial charge < -0.3 is 14.7 Å². The van der Waals surface area contributed by atoms with Crippen LogP contribution in [0, 0.1) is 12.8 Å². The maximum atomic E-state index is 12.7. The fraction of sp³-hybridized carbons (Fsp3) is 0.583. The summed E-state index contributed by atoms with van der Waals surface area (Å²) in [6.07, 6.45) is 5.63. The van der Waals surface area contributed by atoms with Crippen molar-refractivity contribution < 1.29 is 9.32 Å². The number of hydrogen-bond donors (Lipinski definition) is 1.